The van der Waals surface area contributed by atoms with E-state index >= 15 is 0 Å². The maximum atomic E-state index is 12.8. The number of benzene rings is 1. The van der Waals surface area contributed by atoms with Gasteiger partial charge in [0.2, 0.25) is 0 Å². The number of ether oxygens (including phenoxy) is 2. The summed E-state index contributed by atoms with van der Waals surface area (Å²) in [5.74, 6) is -1.10. The first-order chi connectivity index (χ1) is 14.4. The van der Waals surface area contributed by atoms with Crippen molar-refractivity contribution in [3.63, 3.8) is 0 Å². The first kappa shape index (κ1) is 22.2. The Morgan fingerprint density at radius 3 is 2.70 bits per heavy atom. The standard InChI is InChI=1S/C19H23N3O6S2/c1-27-15-7-3-2-6-14(15)12-20-18(23)19(24)21-13-16-22(9-5-10-28-16)30(25,26)17-8-4-11-29-17/h2-4,6-8,11,16H,5,9-10,12-13H2,1H3,(H,20,23)(H,21,24)/t16-/m0/s1. The van der Waals surface area contributed by atoms with Gasteiger partial charge in [-0.2, -0.15) is 4.31 Å². The van der Waals surface area contributed by atoms with E-state index in [1.54, 1.807) is 35.7 Å². The molecular weight excluding hydrogens is 430 g/mol. The van der Waals surface area contributed by atoms with Crippen LogP contribution in [-0.2, 0) is 30.9 Å². The lowest BCUT2D eigenvalue weighted by atomic mass is 10.2. The SMILES string of the molecule is COc1ccccc1CNC(=O)C(=O)NC[C@@H]1OCCCN1S(=O)(=O)c1cccs1. The van der Waals surface area contributed by atoms with E-state index in [1.807, 2.05) is 0 Å². The molecule has 1 saturated heterocycles. The molecule has 0 unspecified atom stereocenters. The van der Waals surface area contributed by atoms with Gasteiger partial charge < -0.3 is 20.1 Å². The second kappa shape index (κ2) is 10.0. The summed E-state index contributed by atoms with van der Waals surface area (Å²) in [6.45, 7) is 0.637. The molecule has 162 valence electrons. The van der Waals surface area contributed by atoms with Gasteiger partial charge in [0.1, 0.15) is 16.2 Å². The molecule has 1 aliphatic rings. The summed E-state index contributed by atoms with van der Waals surface area (Å²) < 4.78 is 37.8. The molecule has 1 fully saturated rings. The number of hydrogen-bond acceptors (Lipinski definition) is 7. The van der Waals surface area contributed by atoms with Gasteiger partial charge in [-0.05, 0) is 23.9 Å². The highest BCUT2D eigenvalue weighted by atomic mass is 32.2. The van der Waals surface area contributed by atoms with Gasteiger partial charge in [0, 0.05) is 18.7 Å². The summed E-state index contributed by atoms with van der Waals surface area (Å²) in [5, 5.41) is 6.66. The van der Waals surface area contributed by atoms with Gasteiger partial charge in [0.15, 0.2) is 0 Å². The lowest BCUT2D eigenvalue weighted by Gasteiger charge is -2.34. The molecule has 2 amide bonds. The van der Waals surface area contributed by atoms with E-state index in [0.717, 1.165) is 16.9 Å². The van der Waals surface area contributed by atoms with Crippen molar-refractivity contribution < 1.29 is 27.5 Å². The lowest BCUT2D eigenvalue weighted by molar-refractivity contribution is -0.140. The van der Waals surface area contributed by atoms with E-state index in [9.17, 15) is 18.0 Å². The van der Waals surface area contributed by atoms with Crippen molar-refractivity contribution in [3.8, 4) is 5.75 Å². The Morgan fingerprint density at radius 1 is 1.20 bits per heavy atom. The predicted molar refractivity (Wildman–Crippen MR) is 110 cm³/mol. The van der Waals surface area contributed by atoms with Crippen LogP contribution in [0.5, 0.6) is 5.75 Å². The molecule has 2 N–H and O–H groups in total. The summed E-state index contributed by atoms with van der Waals surface area (Å²) in [6.07, 6.45) is -0.328. The Bertz CT molecular complexity index is 978. The van der Waals surface area contributed by atoms with E-state index < -0.39 is 28.1 Å². The first-order valence-electron chi connectivity index (χ1n) is 9.28. The molecule has 2 heterocycles. The lowest BCUT2D eigenvalue weighted by Crippen LogP contribution is -2.52. The number of nitrogens with zero attached hydrogens (tertiary/aromatic N) is 1. The van der Waals surface area contributed by atoms with Crippen LogP contribution in [0.15, 0.2) is 46.0 Å². The minimum absolute atomic E-state index is 0.120. The molecule has 1 aromatic heterocycles. The van der Waals surface area contributed by atoms with Gasteiger partial charge in [-0.25, -0.2) is 8.42 Å². The Morgan fingerprint density at radius 2 is 1.97 bits per heavy atom. The second-order valence-corrected chi connectivity index (χ2v) is 9.50. The number of hydrogen-bond donors (Lipinski definition) is 2. The number of para-hydroxylation sites is 1. The minimum atomic E-state index is -3.73. The highest BCUT2D eigenvalue weighted by Crippen LogP contribution is 2.25. The smallest absolute Gasteiger partial charge is 0.309 e. The predicted octanol–water partition coefficient (Wildman–Crippen LogP) is 0.926. The molecule has 3 rings (SSSR count). The molecule has 0 saturated carbocycles. The molecule has 0 bridgehead atoms. The first-order valence-corrected chi connectivity index (χ1v) is 11.6. The number of amides is 2. The molecule has 0 spiro atoms. The monoisotopic (exact) mass is 453 g/mol. The van der Waals surface area contributed by atoms with Crippen LogP contribution >= 0.6 is 11.3 Å². The summed E-state index contributed by atoms with van der Waals surface area (Å²) in [5.41, 5.74) is 0.727. The van der Waals surface area contributed by atoms with Crippen LogP contribution in [0.25, 0.3) is 0 Å². The van der Waals surface area contributed by atoms with Crippen LogP contribution in [0, 0.1) is 0 Å². The van der Waals surface area contributed by atoms with E-state index in [2.05, 4.69) is 10.6 Å². The van der Waals surface area contributed by atoms with Crippen LogP contribution in [0.2, 0.25) is 0 Å². The summed E-state index contributed by atoms with van der Waals surface area (Å²) in [4.78, 5) is 24.3. The maximum Gasteiger partial charge on any atom is 0.309 e. The van der Waals surface area contributed by atoms with Crippen molar-refractivity contribution in [1.82, 2.24) is 14.9 Å². The van der Waals surface area contributed by atoms with Crippen molar-refractivity contribution in [2.75, 3.05) is 26.8 Å². The van der Waals surface area contributed by atoms with Crippen LogP contribution in [0.4, 0.5) is 0 Å². The van der Waals surface area contributed by atoms with Gasteiger partial charge >= 0.3 is 11.8 Å². The molecule has 0 aliphatic carbocycles. The fraction of sp³-hybridized carbons (Fsp3) is 0.368. The van der Waals surface area contributed by atoms with E-state index in [4.69, 9.17) is 9.47 Å². The molecule has 0 radical (unpaired) electrons. The summed E-state index contributed by atoms with van der Waals surface area (Å²) in [7, 11) is -2.21. The van der Waals surface area contributed by atoms with Crippen molar-refractivity contribution in [2.24, 2.45) is 0 Å². The third-order valence-corrected chi connectivity index (χ3v) is 7.75. The van der Waals surface area contributed by atoms with Gasteiger partial charge in [-0.1, -0.05) is 24.3 Å². The highest BCUT2D eigenvalue weighted by Gasteiger charge is 2.35. The normalized spacial score (nSPS) is 17.3. The quantitative estimate of drug-likeness (QED) is 0.603. The average molecular weight is 454 g/mol. The Balaban J connectivity index is 1.56. The number of carbonyl (C=O) groups excluding carboxylic acids is 2. The number of methoxy groups -OCH3 is 1. The molecular formula is C19H23N3O6S2. The number of rotatable bonds is 7. The fourth-order valence-corrected chi connectivity index (χ4v) is 5.68. The van der Waals surface area contributed by atoms with Crippen molar-refractivity contribution in [3.05, 3.63) is 47.3 Å². The second-order valence-electron chi connectivity index (χ2n) is 6.43. The molecule has 9 nitrogen and oxygen atoms in total. The average Bonchev–Trinajstić information content (AvgIpc) is 3.32. The summed E-state index contributed by atoms with van der Waals surface area (Å²) >= 11 is 1.12. The van der Waals surface area contributed by atoms with Crippen molar-refractivity contribution >= 4 is 33.2 Å². The number of carbonyl (C=O) groups is 2. The van der Waals surface area contributed by atoms with Gasteiger partial charge in [-0.15, -0.1) is 11.3 Å². The van der Waals surface area contributed by atoms with Gasteiger partial charge in [0.25, 0.3) is 10.0 Å². The third kappa shape index (κ3) is 5.17. The topological polar surface area (TPSA) is 114 Å². The summed E-state index contributed by atoms with van der Waals surface area (Å²) in [6, 6.07) is 10.3. The molecule has 11 heteroatoms. The maximum absolute atomic E-state index is 12.8. The molecule has 1 aliphatic heterocycles. The number of sulfonamides is 1. The van der Waals surface area contributed by atoms with Crippen LogP contribution in [-0.4, -0.2) is 57.6 Å². The zero-order valence-electron chi connectivity index (χ0n) is 16.4. The van der Waals surface area contributed by atoms with Crippen molar-refractivity contribution in [1.29, 1.82) is 0 Å². The molecule has 2 aromatic rings. The molecule has 30 heavy (non-hydrogen) atoms. The van der Waals surface area contributed by atoms with Gasteiger partial charge in [0.05, 0.1) is 20.3 Å². The van der Waals surface area contributed by atoms with Gasteiger partial charge in [-0.3, -0.25) is 9.59 Å². The zero-order valence-corrected chi connectivity index (χ0v) is 18.0. The number of nitrogens with one attached hydrogen (secondary N) is 2. The van der Waals surface area contributed by atoms with Crippen LogP contribution < -0.4 is 15.4 Å². The van der Waals surface area contributed by atoms with Crippen LogP contribution in [0.3, 0.4) is 0 Å². The molecule has 1 atom stereocenters. The Labute approximate surface area is 179 Å². The van der Waals surface area contributed by atoms with Crippen LogP contribution in [0.1, 0.15) is 12.0 Å². The largest absolute Gasteiger partial charge is 0.496 e. The fourth-order valence-electron chi connectivity index (χ4n) is 2.99. The zero-order chi connectivity index (χ0) is 21.6. The van der Waals surface area contributed by atoms with E-state index in [1.165, 1.54) is 17.5 Å². The highest BCUT2D eigenvalue weighted by molar-refractivity contribution is 7.91. The van der Waals surface area contributed by atoms with E-state index in [-0.39, 0.29) is 23.8 Å². The number of thiophene rings is 1. The molecule has 1 aromatic carbocycles. The van der Waals surface area contributed by atoms with Crippen molar-refractivity contribution in [2.45, 2.75) is 23.4 Å². The third-order valence-electron chi connectivity index (χ3n) is 4.49. The van der Waals surface area contributed by atoms with E-state index in [0.29, 0.717) is 18.8 Å². The Hall–Kier alpha value is -2.47. The minimum Gasteiger partial charge on any atom is -0.496 e. The Kier molecular flexibility index (Phi) is 7.43.